The summed E-state index contributed by atoms with van der Waals surface area (Å²) in [6.45, 7) is 8.29. The van der Waals surface area contributed by atoms with E-state index in [9.17, 15) is 4.39 Å². The van der Waals surface area contributed by atoms with Crippen molar-refractivity contribution in [1.82, 2.24) is 15.2 Å². The van der Waals surface area contributed by atoms with Crippen molar-refractivity contribution in [2.75, 3.05) is 0 Å². The number of hydrogen-bond donors (Lipinski definition) is 1. The lowest BCUT2D eigenvalue weighted by atomic mass is 9.83. The van der Waals surface area contributed by atoms with E-state index in [1.54, 1.807) is 24.0 Å². The molecule has 0 saturated carbocycles. The largest absolute Gasteiger partial charge is 0.281 e. The van der Waals surface area contributed by atoms with Gasteiger partial charge in [-0.1, -0.05) is 43.3 Å². The second-order valence-electron chi connectivity index (χ2n) is 6.60. The van der Waals surface area contributed by atoms with E-state index in [0.717, 1.165) is 21.2 Å². The Morgan fingerprint density at radius 1 is 1.16 bits per heavy atom. The highest BCUT2D eigenvalue weighted by Gasteiger charge is 2.28. The van der Waals surface area contributed by atoms with Gasteiger partial charge in [0.05, 0.1) is 6.20 Å². The van der Waals surface area contributed by atoms with Gasteiger partial charge in [0.2, 0.25) is 0 Å². The molecular formula is C20H22FN3S. The summed E-state index contributed by atoms with van der Waals surface area (Å²) in [5.41, 5.74) is 3.91. The zero-order valence-corrected chi connectivity index (χ0v) is 15.7. The average molecular weight is 355 g/mol. The van der Waals surface area contributed by atoms with Crippen LogP contribution in [0.2, 0.25) is 0 Å². The normalized spacial score (nSPS) is 12.6. The third kappa shape index (κ3) is 3.76. The number of aromatic amines is 1. The van der Waals surface area contributed by atoms with Crippen molar-refractivity contribution in [1.29, 1.82) is 0 Å². The van der Waals surface area contributed by atoms with E-state index >= 15 is 0 Å². The van der Waals surface area contributed by atoms with Gasteiger partial charge in [-0.05, 0) is 43.5 Å². The van der Waals surface area contributed by atoms with Gasteiger partial charge < -0.3 is 0 Å². The molecule has 0 saturated heterocycles. The van der Waals surface area contributed by atoms with E-state index in [2.05, 4.69) is 54.2 Å². The Balaban J connectivity index is 2.06. The van der Waals surface area contributed by atoms with Crippen molar-refractivity contribution < 1.29 is 4.39 Å². The summed E-state index contributed by atoms with van der Waals surface area (Å²) in [6.07, 6.45) is 2.93. The first-order valence-electron chi connectivity index (χ1n) is 8.36. The Hall–Kier alpha value is -2.14. The summed E-state index contributed by atoms with van der Waals surface area (Å²) < 4.78 is 14.4. The highest BCUT2D eigenvalue weighted by Crippen LogP contribution is 2.41. The van der Waals surface area contributed by atoms with Crippen LogP contribution in [0, 0.1) is 25.6 Å². The molecule has 3 aromatic rings. The highest BCUT2D eigenvalue weighted by atomic mass is 32.2. The van der Waals surface area contributed by atoms with Crippen LogP contribution in [0.5, 0.6) is 0 Å². The molecule has 1 N–H and O–H groups in total. The van der Waals surface area contributed by atoms with Gasteiger partial charge in [-0.3, -0.25) is 10.1 Å². The summed E-state index contributed by atoms with van der Waals surface area (Å²) in [4.78, 5) is 5.02. The Morgan fingerprint density at radius 2 is 1.96 bits per heavy atom. The standard InChI is InChI=1S/C20H22FN3S/c1-12(2)18(16-8-9-22-11-17(16)21)19-14(4)23-24-20(19)25-15-7-5-6-13(3)10-15/h5-12,18H,1-4H3,(H,23,24). The Labute approximate surface area is 152 Å². The van der Waals surface area contributed by atoms with Gasteiger partial charge in [-0.15, -0.1) is 0 Å². The third-order valence-corrected chi connectivity index (χ3v) is 5.27. The predicted molar refractivity (Wildman–Crippen MR) is 99.5 cm³/mol. The number of benzene rings is 1. The molecule has 1 aromatic carbocycles. The number of H-pyrrole nitrogens is 1. The van der Waals surface area contributed by atoms with Gasteiger partial charge in [-0.25, -0.2) is 4.39 Å². The quantitative estimate of drug-likeness (QED) is 0.657. The minimum absolute atomic E-state index is 0.0749. The molecule has 0 fully saturated rings. The average Bonchev–Trinajstić information content (AvgIpc) is 2.90. The lowest BCUT2D eigenvalue weighted by Gasteiger charge is -2.23. The minimum Gasteiger partial charge on any atom is -0.281 e. The molecule has 2 heterocycles. The number of hydrogen-bond acceptors (Lipinski definition) is 3. The number of aryl methyl sites for hydroxylation is 2. The van der Waals surface area contributed by atoms with Crippen molar-refractivity contribution in [3.05, 3.63) is 70.9 Å². The molecule has 0 aliphatic carbocycles. The second kappa shape index (κ2) is 7.40. The van der Waals surface area contributed by atoms with E-state index in [1.807, 2.05) is 13.0 Å². The fourth-order valence-electron chi connectivity index (χ4n) is 3.14. The molecule has 3 nitrogen and oxygen atoms in total. The number of aromatic nitrogens is 3. The van der Waals surface area contributed by atoms with E-state index in [4.69, 9.17) is 0 Å². The molecule has 1 unspecified atom stereocenters. The Morgan fingerprint density at radius 3 is 2.64 bits per heavy atom. The Kier molecular flexibility index (Phi) is 5.23. The molecule has 0 aliphatic heterocycles. The van der Waals surface area contributed by atoms with Crippen molar-refractivity contribution in [3.8, 4) is 0 Å². The van der Waals surface area contributed by atoms with E-state index in [0.29, 0.717) is 5.56 Å². The first kappa shape index (κ1) is 17.7. The number of halogens is 1. The number of nitrogens with zero attached hydrogens (tertiary/aromatic N) is 2. The molecule has 130 valence electrons. The summed E-state index contributed by atoms with van der Waals surface area (Å²) in [5.74, 6) is -0.118. The molecule has 1 atom stereocenters. The van der Waals surface area contributed by atoms with Gasteiger partial charge in [0.15, 0.2) is 0 Å². The second-order valence-corrected chi connectivity index (χ2v) is 7.67. The molecule has 3 rings (SSSR count). The molecule has 5 heteroatoms. The maximum absolute atomic E-state index is 14.4. The fourth-order valence-corrected chi connectivity index (χ4v) is 4.23. The monoisotopic (exact) mass is 355 g/mol. The Bertz CT molecular complexity index is 873. The molecular weight excluding hydrogens is 333 g/mol. The molecule has 25 heavy (non-hydrogen) atoms. The van der Waals surface area contributed by atoms with Crippen LogP contribution >= 0.6 is 11.8 Å². The lowest BCUT2D eigenvalue weighted by molar-refractivity contribution is 0.515. The molecule has 0 spiro atoms. The number of nitrogens with one attached hydrogen (secondary N) is 1. The number of rotatable bonds is 5. The van der Waals surface area contributed by atoms with Crippen molar-refractivity contribution in [2.24, 2.45) is 5.92 Å². The summed E-state index contributed by atoms with van der Waals surface area (Å²) in [7, 11) is 0. The summed E-state index contributed by atoms with van der Waals surface area (Å²) in [5, 5.41) is 8.49. The third-order valence-electron chi connectivity index (χ3n) is 4.28. The van der Waals surface area contributed by atoms with Gasteiger partial charge >= 0.3 is 0 Å². The topological polar surface area (TPSA) is 41.6 Å². The van der Waals surface area contributed by atoms with Crippen molar-refractivity contribution in [3.63, 3.8) is 0 Å². The molecule has 0 amide bonds. The first-order valence-corrected chi connectivity index (χ1v) is 9.17. The zero-order valence-electron chi connectivity index (χ0n) is 14.9. The molecule has 2 aromatic heterocycles. The predicted octanol–water partition coefficient (Wildman–Crippen LogP) is 5.50. The van der Waals surface area contributed by atoms with Crippen LogP contribution < -0.4 is 0 Å². The van der Waals surface area contributed by atoms with Crippen LogP contribution in [-0.2, 0) is 0 Å². The smallest absolute Gasteiger partial charge is 0.145 e. The number of pyridine rings is 1. The maximum Gasteiger partial charge on any atom is 0.145 e. The van der Waals surface area contributed by atoms with E-state index < -0.39 is 0 Å². The maximum atomic E-state index is 14.4. The van der Waals surface area contributed by atoms with Crippen LogP contribution in [0.15, 0.2) is 52.6 Å². The van der Waals surface area contributed by atoms with Crippen molar-refractivity contribution >= 4 is 11.8 Å². The fraction of sp³-hybridized carbons (Fsp3) is 0.300. The summed E-state index contributed by atoms with van der Waals surface area (Å²) in [6, 6.07) is 10.1. The van der Waals surface area contributed by atoms with Crippen molar-refractivity contribution in [2.45, 2.75) is 43.5 Å². The van der Waals surface area contributed by atoms with E-state index in [-0.39, 0.29) is 17.7 Å². The molecule has 0 aliphatic rings. The van der Waals surface area contributed by atoms with Gasteiger partial charge in [0.25, 0.3) is 0 Å². The van der Waals surface area contributed by atoms with Gasteiger partial charge in [0, 0.05) is 28.3 Å². The van der Waals surface area contributed by atoms with Gasteiger partial charge in [-0.2, -0.15) is 5.10 Å². The zero-order chi connectivity index (χ0) is 18.0. The minimum atomic E-state index is -0.270. The molecule has 0 bridgehead atoms. The SMILES string of the molecule is Cc1cccc(Sc2n[nH]c(C)c2C(c2ccncc2F)C(C)C)c1. The molecule has 0 radical (unpaired) electrons. The van der Waals surface area contributed by atoms with Crippen LogP contribution in [0.3, 0.4) is 0 Å². The van der Waals surface area contributed by atoms with Crippen LogP contribution in [0.4, 0.5) is 4.39 Å². The van der Waals surface area contributed by atoms with Gasteiger partial charge in [0.1, 0.15) is 10.8 Å². The first-order chi connectivity index (χ1) is 12.0. The summed E-state index contributed by atoms with van der Waals surface area (Å²) >= 11 is 1.62. The van der Waals surface area contributed by atoms with Crippen LogP contribution in [0.1, 0.15) is 42.1 Å². The van der Waals surface area contributed by atoms with E-state index in [1.165, 1.54) is 11.8 Å². The van der Waals surface area contributed by atoms with Crippen LogP contribution in [0.25, 0.3) is 0 Å². The lowest BCUT2D eigenvalue weighted by Crippen LogP contribution is -2.12. The van der Waals surface area contributed by atoms with Crippen LogP contribution in [-0.4, -0.2) is 15.2 Å². The highest BCUT2D eigenvalue weighted by molar-refractivity contribution is 7.99.